The summed E-state index contributed by atoms with van der Waals surface area (Å²) in [6.07, 6.45) is 0.802. The van der Waals surface area contributed by atoms with Crippen molar-refractivity contribution in [2.24, 2.45) is 0 Å². The van der Waals surface area contributed by atoms with Gasteiger partial charge in [0.2, 0.25) is 5.88 Å². The minimum atomic E-state index is -0.344. The summed E-state index contributed by atoms with van der Waals surface area (Å²) >= 11 is 7.06. The van der Waals surface area contributed by atoms with Crippen LogP contribution in [0.1, 0.15) is 53.7 Å². The van der Waals surface area contributed by atoms with E-state index in [1.165, 1.54) is 5.56 Å². The Balaban J connectivity index is 1.51. The molecule has 0 bridgehead atoms. The first-order chi connectivity index (χ1) is 17.2. The first-order valence-corrected chi connectivity index (χ1v) is 13.1. The van der Waals surface area contributed by atoms with E-state index in [2.05, 4.69) is 34.9 Å². The number of aromatic hydroxyl groups is 1. The van der Waals surface area contributed by atoms with Gasteiger partial charge in [-0.05, 0) is 79.2 Å². The number of benzene rings is 2. The predicted octanol–water partition coefficient (Wildman–Crippen LogP) is 4.82. The van der Waals surface area contributed by atoms with Crippen LogP contribution in [0.15, 0.2) is 42.5 Å². The van der Waals surface area contributed by atoms with Crippen LogP contribution in [-0.2, 0) is 6.42 Å². The maximum Gasteiger partial charge on any atom is 0.258 e. The summed E-state index contributed by atoms with van der Waals surface area (Å²) < 4.78 is 3.94. The normalized spacial score (nSPS) is 16.4. The van der Waals surface area contributed by atoms with Gasteiger partial charge < -0.3 is 25.7 Å². The molecule has 2 heterocycles. The zero-order chi connectivity index (χ0) is 26.0. The number of halogens is 1. The van der Waals surface area contributed by atoms with Crippen molar-refractivity contribution in [3.05, 3.63) is 64.7 Å². The van der Waals surface area contributed by atoms with Gasteiger partial charge in [-0.3, -0.25) is 10.2 Å². The summed E-state index contributed by atoms with van der Waals surface area (Å²) in [6.45, 7) is 5.73. The lowest BCUT2D eigenvalue weighted by Crippen LogP contribution is -2.35. The van der Waals surface area contributed by atoms with Crippen LogP contribution in [0.5, 0.6) is 5.88 Å². The fourth-order valence-corrected chi connectivity index (χ4v) is 5.17. The SMILES string of the molecule is CC(CO)NC(=N)c1c(O)nsc1Nc1ccc(C(=O)N2c3ccc(C(C)CCl)cc3CC2C)cc1. The van der Waals surface area contributed by atoms with E-state index in [1.807, 2.05) is 17.0 Å². The highest BCUT2D eigenvalue weighted by Crippen LogP contribution is 2.36. The summed E-state index contributed by atoms with van der Waals surface area (Å²) in [4.78, 5) is 15.3. The number of alkyl halides is 1. The van der Waals surface area contributed by atoms with Crippen molar-refractivity contribution in [2.45, 2.75) is 45.2 Å². The molecule has 1 aliphatic rings. The Morgan fingerprint density at radius 3 is 2.67 bits per heavy atom. The first-order valence-electron chi connectivity index (χ1n) is 11.8. The number of nitrogens with one attached hydrogen (secondary N) is 3. The third-order valence-corrected chi connectivity index (χ3v) is 7.53. The molecular formula is C26H30ClN5O3S. The van der Waals surface area contributed by atoms with Crippen molar-refractivity contribution in [1.82, 2.24) is 9.69 Å². The smallest absolute Gasteiger partial charge is 0.258 e. The zero-order valence-corrected chi connectivity index (χ0v) is 22.0. The Labute approximate surface area is 219 Å². The fraction of sp³-hybridized carbons (Fsp3) is 0.346. The van der Waals surface area contributed by atoms with Gasteiger partial charge in [0.15, 0.2) is 0 Å². The topological polar surface area (TPSA) is 122 Å². The second-order valence-corrected chi connectivity index (χ2v) is 10.3. The van der Waals surface area contributed by atoms with Gasteiger partial charge in [0.05, 0.1) is 6.61 Å². The number of fused-ring (bicyclic) bond motifs is 1. The highest BCUT2D eigenvalue weighted by molar-refractivity contribution is 7.11. The number of aromatic nitrogens is 1. The standard InChI is InChI=1S/C26H30ClN5O3S/c1-14(12-27)18-6-9-21-19(11-18)10-16(3)32(21)26(35)17-4-7-20(8-5-17)30-25-22(24(34)31-36-25)23(28)29-15(2)13-33/h4-9,11,14-16,30,33H,10,12-13H2,1-3H3,(H2,28,29)(H,31,34). The second kappa shape index (κ2) is 10.9. The van der Waals surface area contributed by atoms with Crippen molar-refractivity contribution in [3.8, 4) is 5.88 Å². The summed E-state index contributed by atoms with van der Waals surface area (Å²) in [7, 11) is 0. The van der Waals surface area contributed by atoms with Gasteiger partial charge >= 0.3 is 0 Å². The van der Waals surface area contributed by atoms with Crippen LogP contribution in [-0.4, -0.2) is 50.9 Å². The van der Waals surface area contributed by atoms with E-state index in [4.69, 9.17) is 17.0 Å². The van der Waals surface area contributed by atoms with Crippen LogP contribution in [0, 0.1) is 5.41 Å². The lowest BCUT2D eigenvalue weighted by molar-refractivity contribution is 0.0981. The molecule has 5 N–H and O–H groups in total. The van der Waals surface area contributed by atoms with Crippen LogP contribution in [0.25, 0.3) is 0 Å². The van der Waals surface area contributed by atoms with Gasteiger partial charge in [0, 0.05) is 34.9 Å². The Morgan fingerprint density at radius 1 is 1.28 bits per heavy atom. The zero-order valence-electron chi connectivity index (χ0n) is 20.4. The molecule has 190 valence electrons. The van der Waals surface area contributed by atoms with Crippen LogP contribution in [0.3, 0.4) is 0 Å². The van der Waals surface area contributed by atoms with E-state index in [0.29, 0.717) is 22.1 Å². The molecule has 0 aliphatic carbocycles. The summed E-state index contributed by atoms with van der Waals surface area (Å²) in [6, 6.07) is 13.0. The summed E-state index contributed by atoms with van der Waals surface area (Å²) in [5.74, 6) is 0.450. The molecule has 10 heteroatoms. The number of rotatable bonds is 8. The number of carbonyl (C=O) groups is 1. The lowest BCUT2D eigenvalue weighted by Gasteiger charge is -2.23. The van der Waals surface area contributed by atoms with Crippen molar-refractivity contribution in [1.29, 1.82) is 5.41 Å². The van der Waals surface area contributed by atoms with E-state index in [0.717, 1.165) is 29.2 Å². The summed E-state index contributed by atoms with van der Waals surface area (Å²) in [5.41, 5.74) is 4.76. The molecule has 1 aromatic heterocycles. The molecule has 0 fully saturated rings. The Kier molecular flexibility index (Phi) is 7.82. The molecule has 0 radical (unpaired) electrons. The van der Waals surface area contributed by atoms with Gasteiger partial charge in [-0.25, -0.2) is 0 Å². The monoisotopic (exact) mass is 527 g/mol. The molecule has 1 amide bonds. The van der Waals surface area contributed by atoms with E-state index in [9.17, 15) is 15.0 Å². The molecule has 3 atom stereocenters. The maximum absolute atomic E-state index is 13.4. The molecule has 1 aliphatic heterocycles. The fourth-order valence-electron chi connectivity index (χ4n) is 4.28. The van der Waals surface area contributed by atoms with Gasteiger partial charge in [0.1, 0.15) is 16.4 Å². The van der Waals surface area contributed by atoms with Gasteiger partial charge in [0.25, 0.3) is 5.91 Å². The van der Waals surface area contributed by atoms with Gasteiger partial charge in [-0.2, -0.15) is 4.37 Å². The molecule has 3 aromatic rings. The predicted molar refractivity (Wildman–Crippen MR) is 146 cm³/mol. The highest BCUT2D eigenvalue weighted by Gasteiger charge is 2.32. The molecule has 3 unspecified atom stereocenters. The third kappa shape index (κ3) is 5.18. The number of hydrogen-bond acceptors (Lipinski definition) is 7. The Hall–Kier alpha value is -3.14. The molecular weight excluding hydrogens is 498 g/mol. The van der Waals surface area contributed by atoms with E-state index in [-0.39, 0.29) is 47.8 Å². The molecule has 8 nitrogen and oxygen atoms in total. The van der Waals surface area contributed by atoms with Crippen LogP contribution in [0.2, 0.25) is 0 Å². The Bertz CT molecular complexity index is 1260. The average Bonchev–Trinajstić information content (AvgIpc) is 3.40. The van der Waals surface area contributed by atoms with Crippen LogP contribution < -0.4 is 15.5 Å². The number of aliphatic hydroxyl groups excluding tert-OH is 1. The summed E-state index contributed by atoms with van der Waals surface area (Å²) in [5, 5.41) is 34.1. The van der Waals surface area contributed by atoms with Gasteiger partial charge in [-0.15, -0.1) is 11.6 Å². The largest absolute Gasteiger partial charge is 0.492 e. The number of anilines is 3. The van der Waals surface area contributed by atoms with E-state index >= 15 is 0 Å². The molecule has 2 aromatic carbocycles. The minimum absolute atomic E-state index is 0.0395. The van der Waals surface area contributed by atoms with Crippen molar-refractivity contribution < 1.29 is 15.0 Å². The quantitative estimate of drug-likeness (QED) is 0.163. The Morgan fingerprint density at radius 2 is 2.00 bits per heavy atom. The van der Waals surface area contributed by atoms with Crippen molar-refractivity contribution >= 4 is 51.3 Å². The number of hydrogen-bond donors (Lipinski definition) is 5. The first kappa shape index (κ1) is 25.9. The molecule has 0 spiro atoms. The third-order valence-electron chi connectivity index (χ3n) is 6.32. The number of nitrogens with zero attached hydrogens (tertiary/aromatic N) is 2. The molecule has 0 saturated carbocycles. The maximum atomic E-state index is 13.4. The molecule has 36 heavy (non-hydrogen) atoms. The van der Waals surface area contributed by atoms with E-state index < -0.39 is 0 Å². The number of amides is 1. The number of aliphatic hydroxyl groups is 1. The average molecular weight is 528 g/mol. The van der Waals surface area contributed by atoms with Gasteiger partial charge in [-0.1, -0.05) is 19.1 Å². The minimum Gasteiger partial charge on any atom is -0.492 e. The number of amidine groups is 1. The van der Waals surface area contributed by atoms with E-state index in [1.54, 1.807) is 31.2 Å². The number of carbonyl (C=O) groups excluding carboxylic acids is 1. The second-order valence-electron chi connectivity index (χ2n) is 9.19. The molecule has 0 saturated heterocycles. The lowest BCUT2D eigenvalue weighted by atomic mass is 9.99. The molecule has 4 rings (SSSR count). The van der Waals surface area contributed by atoms with Crippen molar-refractivity contribution in [2.75, 3.05) is 22.7 Å². The van der Waals surface area contributed by atoms with Crippen molar-refractivity contribution in [3.63, 3.8) is 0 Å². The van der Waals surface area contributed by atoms with Crippen LogP contribution >= 0.6 is 23.1 Å². The van der Waals surface area contributed by atoms with Crippen LogP contribution in [0.4, 0.5) is 16.4 Å². The highest BCUT2D eigenvalue weighted by atomic mass is 35.5.